The Balaban J connectivity index is 1.29. The lowest BCUT2D eigenvalue weighted by Crippen LogP contribution is -2.26. The molecule has 0 aromatic heterocycles. The molecule has 110 heavy (non-hydrogen) atoms. The van der Waals surface area contributed by atoms with Crippen LogP contribution in [0.2, 0.25) is 0 Å². The number of carbonyl (C=O) groups is 4. The lowest BCUT2D eigenvalue weighted by Gasteiger charge is -2.19. The number of esters is 2. The summed E-state index contributed by atoms with van der Waals surface area (Å²) in [7, 11) is 9.60. The third-order valence-electron chi connectivity index (χ3n) is 14.4. The number of benzene rings is 4. The summed E-state index contributed by atoms with van der Waals surface area (Å²) >= 11 is 0. The van der Waals surface area contributed by atoms with Gasteiger partial charge in [0, 0.05) is 66.9 Å². The molecule has 2 N–H and O–H groups in total. The highest BCUT2D eigenvalue weighted by Gasteiger charge is 2.22. The molecule has 0 saturated carbocycles. The maximum Gasteiger partial charge on any atom is 0.338 e. The smallest absolute Gasteiger partial charge is 0.338 e. The maximum atomic E-state index is 13.8. The zero-order chi connectivity index (χ0) is 78.6. The van der Waals surface area contributed by atoms with Crippen LogP contribution < -0.4 is 39.1 Å². The molecular formula is C76H116N4O30. The second kappa shape index (κ2) is 66.1. The van der Waals surface area contributed by atoms with Crippen molar-refractivity contribution in [3.05, 3.63) is 95.1 Å². The first kappa shape index (κ1) is 94.8. The quantitative estimate of drug-likeness (QED) is 0.0274. The standard InChI is InChI=1S/C76H116N4O30/c1-85-21-27-91-33-39-97-45-51-103-67-57-63(58-68(104-52-46-98-40-34-92-28-22-86-2)71(67)107-55-49-101-43-37-95-31-25-89-5)73(81)77-17-7-19-109-75(83)61-9-13-65(14-10-61)79-80-66-15-11-62(12-16-66)76(84)110-20-8-18-78-74(82)64-59-69(105-53-47-99-41-35-93-29-23-87-3)72(108-56-50-102-44-38-96-32-26-90-6)70(60-64)106-54-48-100-42-36-94-30-24-88-4/h9-16,57-60H,7-8,17-56H2,1-6H3,(H,77,81)(H,78,82). The lowest BCUT2D eigenvalue weighted by atomic mass is 10.1. The molecule has 0 unspecified atom stereocenters. The molecule has 0 atom stereocenters. The first-order valence-electron chi connectivity index (χ1n) is 36.7. The monoisotopic (exact) mass is 1560 g/mol. The van der Waals surface area contributed by atoms with E-state index in [2.05, 4.69) is 20.9 Å². The van der Waals surface area contributed by atoms with Gasteiger partial charge in [0.2, 0.25) is 11.5 Å². The van der Waals surface area contributed by atoms with E-state index in [1.807, 2.05) is 0 Å². The number of nitrogens with one attached hydrogen (secondary N) is 2. The number of nitrogens with zero attached hydrogens (tertiary/aromatic N) is 2. The molecule has 4 rings (SSSR count). The number of azo groups is 1. The van der Waals surface area contributed by atoms with Crippen LogP contribution in [0.3, 0.4) is 0 Å². The van der Waals surface area contributed by atoms with Crippen LogP contribution in [0.1, 0.15) is 54.3 Å². The van der Waals surface area contributed by atoms with Gasteiger partial charge in [0.25, 0.3) is 11.8 Å². The van der Waals surface area contributed by atoms with Gasteiger partial charge in [0.05, 0.1) is 234 Å². The topological polar surface area (TPSA) is 357 Å². The number of rotatable bonds is 74. The average Bonchev–Trinajstić information content (AvgIpc) is 0.821. The molecule has 0 saturated heterocycles. The van der Waals surface area contributed by atoms with Crippen LogP contribution in [-0.2, 0) is 94.7 Å². The Bertz CT molecular complexity index is 2730. The van der Waals surface area contributed by atoms with E-state index in [-0.39, 0.29) is 162 Å². The van der Waals surface area contributed by atoms with Crippen LogP contribution in [0.15, 0.2) is 83.0 Å². The Morgan fingerprint density at radius 3 is 0.691 bits per heavy atom. The fraction of sp³-hybridized carbons (Fsp3) is 0.632. The van der Waals surface area contributed by atoms with E-state index < -0.39 is 23.8 Å². The van der Waals surface area contributed by atoms with Crippen LogP contribution in [0.4, 0.5) is 11.4 Å². The van der Waals surface area contributed by atoms with Crippen LogP contribution in [0, 0.1) is 0 Å². The minimum absolute atomic E-state index is 0.000989. The normalized spacial score (nSPS) is 11.3. The summed E-state index contributed by atoms with van der Waals surface area (Å²) in [5.74, 6) is -0.632. The van der Waals surface area contributed by atoms with E-state index in [9.17, 15) is 19.2 Å². The predicted octanol–water partition coefficient (Wildman–Crippen LogP) is 6.41. The van der Waals surface area contributed by atoms with Crippen molar-refractivity contribution in [1.29, 1.82) is 0 Å². The minimum atomic E-state index is -0.578. The van der Waals surface area contributed by atoms with E-state index in [1.165, 1.54) is 0 Å². The maximum absolute atomic E-state index is 13.8. The van der Waals surface area contributed by atoms with Crippen LogP contribution >= 0.6 is 0 Å². The Morgan fingerprint density at radius 2 is 0.464 bits per heavy atom. The van der Waals surface area contributed by atoms with E-state index >= 15 is 0 Å². The van der Waals surface area contributed by atoms with Gasteiger partial charge in [-0.2, -0.15) is 10.2 Å². The minimum Gasteiger partial charge on any atom is -0.487 e. The fourth-order valence-electron chi connectivity index (χ4n) is 8.85. The number of hydrogen-bond acceptors (Lipinski definition) is 32. The van der Waals surface area contributed by atoms with Crippen LogP contribution in [0.25, 0.3) is 0 Å². The van der Waals surface area contributed by atoms with Crippen molar-refractivity contribution in [2.45, 2.75) is 12.8 Å². The Kier molecular flexibility index (Phi) is 57.0. The van der Waals surface area contributed by atoms with Crippen molar-refractivity contribution in [3.63, 3.8) is 0 Å². The Morgan fingerprint density at radius 1 is 0.255 bits per heavy atom. The molecule has 4 aromatic rings. The van der Waals surface area contributed by atoms with Gasteiger partial charge in [-0.25, -0.2) is 9.59 Å². The first-order chi connectivity index (χ1) is 54.1. The molecular weight excluding hydrogens is 1450 g/mol. The molecule has 0 heterocycles. The molecule has 620 valence electrons. The van der Waals surface area contributed by atoms with Gasteiger partial charge in [-0.05, 0) is 85.6 Å². The van der Waals surface area contributed by atoms with Gasteiger partial charge in [-0.1, -0.05) is 0 Å². The summed E-state index contributed by atoms with van der Waals surface area (Å²) in [6.45, 7) is 12.0. The van der Waals surface area contributed by atoms with Gasteiger partial charge in [0.1, 0.15) is 39.6 Å². The molecule has 34 nitrogen and oxygen atoms in total. The zero-order valence-corrected chi connectivity index (χ0v) is 64.8. The van der Waals surface area contributed by atoms with E-state index in [4.69, 9.17) is 123 Å². The predicted molar refractivity (Wildman–Crippen MR) is 398 cm³/mol. The second-order valence-corrected chi connectivity index (χ2v) is 22.8. The summed E-state index contributed by atoms with van der Waals surface area (Å²) in [4.78, 5) is 53.7. The number of hydrogen-bond donors (Lipinski definition) is 2. The van der Waals surface area contributed by atoms with Crippen LogP contribution in [0.5, 0.6) is 34.5 Å². The Hall–Kier alpha value is -7.56. The summed E-state index contributed by atoms with van der Waals surface area (Å²) in [5, 5.41) is 14.3. The molecule has 0 bridgehead atoms. The zero-order valence-electron chi connectivity index (χ0n) is 64.8. The lowest BCUT2D eigenvalue weighted by molar-refractivity contribution is 0.0146. The molecule has 0 aliphatic carbocycles. The Labute approximate surface area is 645 Å². The summed E-state index contributed by atoms with van der Waals surface area (Å²) in [6.07, 6.45) is 0.583. The highest BCUT2D eigenvalue weighted by atomic mass is 16.6. The molecule has 0 aliphatic rings. The van der Waals surface area contributed by atoms with Gasteiger partial charge in [-0.3, -0.25) is 9.59 Å². The second-order valence-electron chi connectivity index (χ2n) is 22.8. The SMILES string of the molecule is COCCOCCOCCOc1cc(C(=O)NCCCOC(=O)c2ccc(N=Nc3ccc(C(=O)OCCCNC(=O)c4cc(OCCOCCOCCOC)c(OCCOCCOCCOC)c(OCCOCCOCCOC)c4)cc3)cc2)cc(OCCOCCOCCOC)c1OCCOCCOCCOC. The molecule has 0 spiro atoms. The largest absolute Gasteiger partial charge is 0.487 e. The highest BCUT2D eigenvalue weighted by Crippen LogP contribution is 2.41. The summed E-state index contributed by atoms with van der Waals surface area (Å²) in [5.41, 5.74) is 1.87. The molecule has 2 amide bonds. The molecule has 0 fully saturated rings. The number of amides is 2. The van der Waals surface area contributed by atoms with Gasteiger partial charge in [0.15, 0.2) is 23.0 Å². The van der Waals surface area contributed by atoms with Crippen molar-refractivity contribution in [3.8, 4) is 34.5 Å². The van der Waals surface area contributed by atoms with Crippen molar-refractivity contribution in [2.75, 3.05) is 307 Å². The summed E-state index contributed by atoms with van der Waals surface area (Å²) in [6, 6.07) is 18.9. The van der Waals surface area contributed by atoms with Gasteiger partial charge >= 0.3 is 11.9 Å². The van der Waals surface area contributed by atoms with Crippen molar-refractivity contribution in [2.24, 2.45) is 10.2 Å². The fourth-order valence-corrected chi connectivity index (χ4v) is 8.85. The summed E-state index contributed by atoms with van der Waals surface area (Å²) < 4.78 is 145. The third-order valence-corrected chi connectivity index (χ3v) is 14.4. The van der Waals surface area contributed by atoms with E-state index in [0.29, 0.717) is 183 Å². The van der Waals surface area contributed by atoms with Crippen molar-refractivity contribution < 1.29 is 142 Å². The van der Waals surface area contributed by atoms with E-state index in [0.717, 1.165) is 0 Å². The van der Waals surface area contributed by atoms with E-state index in [1.54, 1.807) is 115 Å². The molecule has 0 aliphatic heterocycles. The molecule has 4 aromatic carbocycles. The van der Waals surface area contributed by atoms with Crippen molar-refractivity contribution >= 4 is 35.1 Å². The highest BCUT2D eigenvalue weighted by molar-refractivity contribution is 5.96. The first-order valence-corrected chi connectivity index (χ1v) is 36.7. The number of carbonyl (C=O) groups excluding carboxylic acids is 4. The number of methoxy groups -OCH3 is 6. The molecule has 0 radical (unpaired) electrons. The van der Waals surface area contributed by atoms with Crippen LogP contribution in [-0.4, -0.2) is 331 Å². The average molecular weight is 1570 g/mol. The number of ether oxygens (including phenoxy) is 26. The third kappa shape index (κ3) is 45.7. The van der Waals surface area contributed by atoms with Gasteiger partial charge in [-0.15, -0.1) is 0 Å². The van der Waals surface area contributed by atoms with Crippen molar-refractivity contribution in [1.82, 2.24) is 10.6 Å². The molecule has 34 heteroatoms. The van der Waals surface area contributed by atoms with Gasteiger partial charge < -0.3 is 134 Å².